The quantitative estimate of drug-likeness (QED) is 0.681. The Morgan fingerprint density at radius 1 is 1.00 bits per heavy atom. The molecule has 2 aromatic carbocycles. The van der Waals surface area contributed by atoms with Gasteiger partial charge in [-0.25, -0.2) is 8.42 Å². The van der Waals surface area contributed by atoms with Gasteiger partial charge in [0.05, 0.1) is 18.1 Å². The third-order valence-electron chi connectivity index (χ3n) is 4.96. The van der Waals surface area contributed by atoms with E-state index in [9.17, 15) is 13.2 Å². The molecular weight excluding hydrogens is 434 g/mol. The van der Waals surface area contributed by atoms with Crippen molar-refractivity contribution >= 4 is 38.9 Å². The van der Waals surface area contributed by atoms with Crippen LogP contribution in [0.5, 0.6) is 0 Å². The first-order valence-electron chi connectivity index (χ1n) is 9.98. The van der Waals surface area contributed by atoms with Gasteiger partial charge in [0, 0.05) is 24.3 Å². The summed E-state index contributed by atoms with van der Waals surface area (Å²) >= 11 is 5.22. The molecule has 1 aliphatic rings. The minimum Gasteiger partial charge on any atom is -0.379 e. The number of morpholine rings is 1. The molecule has 0 unspecified atom stereocenters. The van der Waals surface area contributed by atoms with Gasteiger partial charge in [-0.3, -0.25) is 10.1 Å². The van der Waals surface area contributed by atoms with E-state index < -0.39 is 10.0 Å². The first kappa shape index (κ1) is 23.3. The van der Waals surface area contributed by atoms with Crippen molar-refractivity contribution < 1.29 is 17.9 Å². The Morgan fingerprint density at radius 3 is 2.13 bits per heavy atom. The summed E-state index contributed by atoms with van der Waals surface area (Å²) in [5.41, 5.74) is 2.23. The number of nitrogens with one attached hydrogen (secondary N) is 2. The van der Waals surface area contributed by atoms with Gasteiger partial charge >= 0.3 is 0 Å². The Morgan fingerprint density at radius 2 is 1.58 bits per heavy atom. The van der Waals surface area contributed by atoms with Crippen molar-refractivity contribution in [2.75, 3.05) is 31.6 Å². The van der Waals surface area contributed by atoms with E-state index in [0.717, 1.165) is 5.56 Å². The standard InChI is InChI=1S/C22H27N3O4S2/c1-22(2,3)17-6-4-16(5-7-17)20(26)24-21(30)23-18-8-10-19(11-9-18)31(27,28)25-12-14-29-15-13-25/h4-11H,12-15H2,1-3H3,(H2,23,24,26,30). The van der Waals surface area contributed by atoms with E-state index in [-0.39, 0.29) is 21.3 Å². The van der Waals surface area contributed by atoms with Gasteiger partial charge < -0.3 is 10.1 Å². The van der Waals surface area contributed by atoms with Crippen molar-refractivity contribution in [3.8, 4) is 0 Å². The fourth-order valence-corrected chi connectivity index (χ4v) is 4.72. The van der Waals surface area contributed by atoms with E-state index in [2.05, 4.69) is 31.4 Å². The van der Waals surface area contributed by atoms with Crippen LogP contribution in [0.2, 0.25) is 0 Å². The molecule has 1 aliphatic heterocycles. The lowest BCUT2D eigenvalue weighted by molar-refractivity contribution is 0.0730. The number of carbonyl (C=O) groups is 1. The van der Waals surface area contributed by atoms with Crippen LogP contribution in [0.1, 0.15) is 36.7 Å². The summed E-state index contributed by atoms with van der Waals surface area (Å²) in [6.45, 7) is 7.80. The van der Waals surface area contributed by atoms with Gasteiger partial charge in [0.25, 0.3) is 5.91 Å². The molecule has 0 aliphatic carbocycles. The molecule has 0 spiro atoms. The predicted molar refractivity (Wildman–Crippen MR) is 125 cm³/mol. The van der Waals surface area contributed by atoms with Crippen LogP contribution in [-0.4, -0.2) is 50.0 Å². The number of benzene rings is 2. The van der Waals surface area contributed by atoms with Gasteiger partial charge in [-0.1, -0.05) is 32.9 Å². The zero-order valence-electron chi connectivity index (χ0n) is 17.8. The second kappa shape index (κ2) is 9.44. The molecule has 1 saturated heterocycles. The molecule has 1 amide bonds. The number of rotatable bonds is 4. The Labute approximate surface area is 188 Å². The highest BCUT2D eigenvalue weighted by Crippen LogP contribution is 2.22. The van der Waals surface area contributed by atoms with Gasteiger partial charge in [0.2, 0.25) is 10.0 Å². The largest absolute Gasteiger partial charge is 0.379 e. The molecule has 2 aromatic rings. The van der Waals surface area contributed by atoms with Gasteiger partial charge in [-0.2, -0.15) is 4.31 Å². The molecule has 0 atom stereocenters. The fourth-order valence-electron chi connectivity index (χ4n) is 3.11. The van der Waals surface area contributed by atoms with Gasteiger partial charge in [-0.15, -0.1) is 0 Å². The molecule has 0 aromatic heterocycles. The van der Waals surface area contributed by atoms with Crippen LogP contribution in [0, 0.1) is 0 Å². The van der Waals surface area contributed by atoms with Crippen LogP contribution < -0.4 is 10.6 Å². The minimum absolute atomic E-state index is 0.00722. The van der Waals surface area contributed by atoms with E-state index in [4.69, 9.17) is 17.0 Å². The molecule has 2 N–H and O–H groups in total. The lowest BCUT2D eigenvalue weighted by atomic mass is 9.87. The van der Waals surface area contributed by atoms with Crippen molar-refractivity contribution in [2.24, 2.45) is 0 Å². The smallest absolute Gasteiger partial charge is 0.257 e. The Hall–Kier alpha value is -2.33. The third kappa shape index (κ3) is 5.88. The zero-order chi connectivity index (χ0) is 22.6. The fraction of sp³-hybridized carbons (Fsp3) is 0.364. The molecule has 0 saturated carbocycles. The number of thiocarbonyl (C=S) groups is 1. The summed E-state index contributed by atoms with van der Waals surface area (Å²) in [6.07, 6.45) is 0. The Balaban J connectivity index is 1.60. The summed E-state index contributed by atoms with van der Waals surface area (Å²) in [6, 6.07) is 13.7. The summed E-state index contributed by atoms with van der Waals surface area (Å²) < 4.78 is 32.0. The number of anilines is 1. The van der Waals surface area contributed by atoms with Crippen molar-refractivity contribution in [2.45, 2.75) is 31.1 Å². The summed E-state index contributed by atoms with van der Waals surface area (Å²) in [5, 5.41) is 5.68. The number of carbonyl (C=O) groups excluding carboxylic acids is 1. The molecule has 1 heterocycles. The number of sulfonamides is 1. The summed E-state index contributed by atoms with van der Waals surface area (Å²) in [5.74, 6) is -0.315. The molecule has 166 valence electrons. The molecule has 9 heteroatoms. The van der Waals surface area contributed by atoms with Gasteiger partial charge in [-0.05, 0) is 59.6 Å². The van der Waals surface area contributed by atoms with Crippen LogP contribution in [0.25, 0.3) is 0 Å². The number of amides is 1. The van der Waals surface area contributed by atoms with Gasteiger partial charge in [0.1, 0.15) is 0 Å². The number of ether oxygens (including phenoxy) is 1. The monoisotopic (exact) mass is 461 g/mol. The second-order valence-corrected chi connectivity index (χ2v) is 10.6. The maximum Gasteiger partial charge on any atom is 0.257 e. The Kier molecular flexibility index (Phi) is 7.10. The number of hydrogen-bond donors (Lipinski definition) is 2. The normalized spacial score (nSPS) is 15.3. The molecule has 7 nitrogen and oxygen atoms in total. The van der Waals surface area contributed by atoms with Crippen molar-refractivity contribution in [3.63, 3.8) is 0 Å². The molecule has 0 radical (unpaired) electrons. The van der Waals surface area contributed by atoms with E-state index >= 15 is 0 Å². The molecule has 1 fully saturated rings. The molecular formula is C22H27N3O4S2. The van der Waals surface area contributed by atoms with E-state index in [1.54, 1.807) is 24.3 Å². The van der Waals surface area contributed by atoms with Crippen LogP contribution in [0.15, 0.2) is 53.4 Å². The van der Waals surface area contributed by atoms with E-state index in [0.29, 0.717) is 37.6 Å². The number of nitrogens with zero attached hydrogens (tertiary/aromatic N) is 1. The highest BCUT2D eigenvalue weighted by atomic mass is 32.2. The van der Waals surface area contributed by atoms with Crippen molar-refractivity contribution in [1.29, 1.82) is 0 Å². The average molecular weight is 462 g/mol. The lowest BCUT2D eigenvalue weighted by Crippen LogP contribution is -2.40. The van der Waals surface area contributed by atoms with Crippen LogP contribution in [-0.2, 0) is 20.2 Å². The van der Waals surface area contributed by atoms with Crippen LogP contribution in [0.3, 0.4) is 0 Å². The second-order valence-electron chi connectivity index (χ2n) is 8.28. The topological polar surface area (TPSA) is 87.7 Å². The zero-order valence-corrected chi connectivity index (χ0v) is 19.5. The first-order chi connectivity index (χ1) is 14.6. The molecule has 31 heavy (non-hydrogen) atoms. The first-order valence-corrected chi connectivity index (χ1v) is 11.8. The van der Waals surface area contributed by atoms with Crippen LogP contribution >= 0.6 is 12.2 Å². The molecule has 3 rings (SSSR count). The van der Waals surface area contributed by atoms with E-state index in [1.165, 1.54) is 16.4 Å². The lowest BCUT2D eigenvalue weighted by Gasteiger charge is -2.26. The maximum absolute atomic E-state index is 12.7. The van der Waals surface area contributed by atoms with Gasteiger partial charge in [0.15, 0.2) is 5.11 Å². The highest BCUT2D eigenvalue weighted by Gasteiger charge is 2.26. The third-order valence-corrected chi connectivity index (χ3v) is 7.08. The Bertz CT molecular complexity index is 1040. The average Bonchev–Trinajstić information content (AvgIpc) is 2.74. The molecule has 0 bridgehead atoms. The predicted octanol–water partition coefficient (Wildman–Crippen LogP) is 3.13. The van der Waals surface area contributed by atoms with Crippen molar-refractivity contribution in [1.82, 2.24) is 9.62 Å². The summed E-state index contributed by atoms with van der Waals surface area (Å²) in [7, 11) is -3.55. The number of hydrogen-bond acceptors (Lipinski definition) is 5. The minimum atomic E-state index is -3.55. The maximum atomic E-state index is 12.7. The van der Waals surface area contributed by atoms with Crippen LogP contribution in [0.4, 0.5) is 5.69 Å². The van der Waals surface area contributed by atoms with E-state index in [1.807, 2.05) is 12.1 Å². The summed E-state index contributed by atoms with van der Waals surface area (Å²) in [4.78, 5) is 12.6. The highest BCUT2D eigenvalue weighted by molar-refractivity contribution is 7.89. The SMILES string of the molecule is CC(C)(C)c1ccc(C(=O)NC(=S)Nc2ccc(S(=O)(=O)N3CCOCC3)cc2)cc1. The van der Waals surface area contributed by atoms with Crippen molar-refractivity contribution in [3.05, 3.63) is 59.7 Å².